The summed E-state index contributed by atoms with van der Waals surface area (Å²) in [5.41, 5.74) is 0. The van der Waals surface area contributed by atoms with Crippen LogP contribution in [-0.2, 0) is 14.2 Å². The topological polar surface area (TPSA) is 30.9 Å². The molecule has 0 N–H and O–H groups in total. The number of ether oxygens (including phenoxy) is 3. The van der Waals surface area contributed by atoms with Crippen molar-refractivity contribution in [2.45, 2.75) is 12.5 Å². The Kier molecular flexibility index (Phi) is 8.38. The maximum Gasteiger partial charge on any atom is 0.146 e. The SMILES string of the molecule is COCOC1CN(C)CCC1COCC=CI. The lowest BCUT2D eigenvalue weighted by molar-refractivity contribution is -0.121. The Balaban J connectivity index is 2.31. The van der Waals surface area contributed by atoms with E-state index in [9.17, 15) is 0 Å². The van der Waals surface area contributed by atoms with E-state index in [0.29, 0.717) is 19.3 Å². The summed E-state index contributed by atoms with van der Waals surface area (Å²) >= 11 is 2.20. The van der Waals surface area contributed by atoms with E-state index in [4.69, 9.17) is 14.2 Å². The fraction of sp³-hybridized carbons (Fsp3) is 0.833. The number of rotatable bonds is 7. The Hall–Kier alpha value is 0.310. The number of hydrogen-bond donors (Lipinski definition) is 0. The van der Waals surface area contributed by atoms with Gasteiger partial charge in [0, 0.05) is 19.6 Å². The molecule has 1 saturated heterocycles. The summed E-state index contributed by atoms with van der Waals surface area (Å²) in [7, 11) is 3.78. The van der Waals surface area contributed by atoms with Crippen LogP contribution in [0.5, 0.6) is 0 Å². The van der Waals surface area contributed by atoms with Crippen LogP contribution < -0.4 is 0 Å². The molecule has 100 valence electrons. The van der Waals surface area contributed by atoms with Crippen LogP contribution in [0.1, 0.15) is 6.42 Å². The van der Waals surface area contributed by atoms with Crippen LogP contribution in [0.3, 0.4) is 0 Å². The van der Waals surface area contributed by atoms with Crippen LogP contribution in [-0.4, -0.2) is 58.3 Å². The molecule has 17 heavy (non-hydrogen) atoms. The van der Waals surface area contributed by atoms with Crippen molar-refractivity contribution in [3.63, 3.8) is 0 Å². The number of piperidine rings is 1. The van der Waals surface area contributed by atoms with Gasteiger partial charge in [0.15, 0.2) is 0 Å². The summed E-state index contributed by atoms with van der Waals surface area (Å²) in [6.07, 6.45) is 3.36. The van der Waals surface area contributed by atoms with Gasteiger partial charge in [-0.3, -0.25) is 0 Å². The third kappa shape index (κ3) is 6.15. The van der Waals surface area contributed by atoms with Crippen molar-refractivity contribution in [3.05, 3.63) is 10.2 Å². The highest BCUT2D eigenvalue weighted by Crippen LogP contribution is 2.20. The largest absolute Gasteiger partial charge is 0.377 e. The second-order valence-corrected chi connectivity index (χ2v) is 5.04. The molecular weight excluding hydrogens is 333 g/mol. The van der Waals surface area contributed by atoms with Gasteiger partial charge in [-0.05, 0) is 24.1 Å². The van der Waals surface area contributed by atoms with Gasteiger partial charge >= 0.3 is 0 Å². The first kappa shape index (κ1) is 15.4. The summed E-state index contributed by atoms with van der Waals surface area (Å²) in [5, 5.41) is 0. The van der Waals surface area contributed by atoms with Crippen LogP contribution in [0.2, 0.25) is 0 Å². The van der Waals surface area contributed by atoms with Gasteiger partial charge in [0.2, 0.25) is 0 Å². The van der Waals surface area contributed by atoms with Crippen LogP contribution in [0.15, 0.2) is 10.2 Å². The first-order valence-corrected chi connectivity index (χ1v) is 7.14. The molecule has 0 aliphatic carbocycles. The molecule has 2 atom stereocenters. The van der Waals surface area contributed by atoms with E-state index in [1.165, 1.54) is 0 Å². The van der Waals surface area contributed by atoms with Gasteiger partial charge in [-0.1, -0.05) is 28.7 Å². The van der Waals surface area contributed by atoms with Crippen LogP contribution in [0.4, 0.5) is 0 Å². The minimum atomic E-state index is 0.220. The molecule has 0 radical (unpaired) electrons. The quantitative estimate of drug-likeness (QED) is 0.397. The van der Waals surface area contributed by atoms with Gasteiger partial charge in [0.05, 0.1) is 19.3 Å². The standard InChI is InChI=1S/C12H22INO3/c1-14-6-4-11(9-16-7-3-5-13)12(8-14)17-10-15-2/h3,5,11-12H,4,6-10H2,1-2H3. The monoisotopic (exact) mass is 355 g/mol. The number of halogens is 1. The highest BCUT2D eigenvalue weighted by Gasteiger charge is 2.28. The molecule has 1 fully saturated rings. The van der Waals surface area contributed by atoms with Crippen LogP contribution in [0.25, 0.3) is 0 Å². The summed E-state index contributed by atoms with van der Waals surface area (Å²) < 4.78 is 18.3. The van der Waals surface area contributed by atoms with Crippen molar-refractivity contribution in [2.75, 3.05) is 47.3 Å². The molecule has 1 aliphatic rings. The van der Waals surface area contributed by atoms with Crippen molar-refractivity contribution in [1.29, 1.82) is 0 Å². The predicted octanol–water partition coefficient (Wildman–Crippen LogP) is 1.89. The molecule has 0 aromatic rings. The van der Waals surface area contributed by atoms with Gasteiger partial charge in [-0.15, -0.1) is 0 Å². The number of hydrogen-bond acceptors (Lipinski definition) is 4. The summed E-state index contributed by atoms with van der Waals surface area (Å²) in [4.78, 5) is 2.29. The van der Waals surface area contributed by atoms with E-state index in [1.54, 1.807) is 7.11 Å². The van der Waals surface area contributed by atoms with E-state index in [1.807, 2.05) is 10.2 Å². The third-order valence-electron chi connectivity index (χ3n) is 2.93. The minimum Gasteiger partial charge on any atom is -0.377 e. The van der Waals surface area contributed by atoms with Gasteiger partial charge in [-0.25, -0.2) is 0 Å². The Morgan fingerprint density at radius 1 is 1.47 bits per heavy atom. The highest BCUT2D eigenvalue weighted by atomic mass is 127. The summed E-state index contributed by atoms with van der Waals surface area (Å²) in [6, 6.07) is 0. The first-order chi connectivity index (χ1) is 8.27. The summed E-state index contributed by atoms with van der Waals surface area (Å²) in [6.45, 7) is 3.89. The molecule has 0 saturated carbocycles. The van der Waals surface area contributed by atoms with E-state index in [-0.39, 0.29) is 6.10 Å². The van der Waals surface area contributed by atoms with Crippen LogP contribution >= 0.6 is 22.6 Å². The van der Waals surface area contributed by atoms with Gasteiger partial charge in [-0.2, -0.15) is 0 Å². The number of nitrogens with zero attached hydrogens (tertiary/aromatic N) is 1. The molecule has 0 spiro atoms. The fourth-order valence-electron chi connectivity index (χ4n) is 1.98. The molecular formula is C12H22INO3. The molecule has 0 aromatic carbocycles. The lowest BCUT2D eigenvalue weighted by Gasteiger charge is -2.36. The maximum absolute atomic E-state index is 5.71. The van der Waals surface area contributed by atoms with Gasteiger partial charge in [0.1, 0.15) is 6.79 Å². The molecule has 0 amide bonds. The third-order valence-corrected chi connectivity index (χ3v) is 3.44. The molecule has 5 heteroatoms. The van der Waals surface area contributed by atoms with Gasteiger partial charge < -0.3 is 19.1 Å². The molecule has 4 nitrogen and oxygen atoms in total. The fourth-order valence-corrected chi connectivity index (χ4v) is 2.19. The Bertz CT molecular complexity index is 226. The smallest absolute Gasteiger partial charge is 0.146 e. The maximum atomic E-state index is 5.71. The van der Waals surface area contributed by atoms with Crippen molar-refractivity contribution in [2.24, 2.45) is 5.92 Å². The first-order valence-electron chi connectivity index (χ1n) is 5.90. The van der Waals surface area contributed by atoms with Crippen molar-refractivity contribution >= 4 is 22.6 Å². The normalized spacial score (nSPS) is 26.8. The van der Waals surface area contributed by atoms with Gasteiger partial charge in [0.25, 0.3) is 0 Å². The number of likely N-dealkylation sites (tertiary alicyclic amines) is 1. The Morgan fingerprint density at radius 2 is 2.29 bits per heavy atom. The van der Waals surface area contributed by atoms with E-state index >= 15 is 0 Å². The van der Waals surface area contributed by atoms with Crippen molar-refractivity contribution in [3.8, 4) is 0 Å². The Morgan fingerprint density at radius 3 is 3.00 bits per heavy atom. The highest BCUT2D eigenvalue weighted by molar-refractivity contribution is 14.1. The predicted molar refractivity (Wildman–Crippen MR) is 76.3 cm³/mol. The van der Waals surface area contributed by atoms with Crippen LogP contribution in [0, 0.1) is 5.92 Å². The minimum absolute atomic E-state index is 0.220. The second-order valence-electron chi connectivity index (χ2n) is 4.32. The lowest BCUT2D eigenvalue weighted by Crippen LogP contribution is -2.45. The van der Waals surface area contributed by atoms with E-state index < -0.39 is 0 Å². The van der Waals surface area contributed by atoms with Crippen molar-refractivity contribution < 1.29 is 14.2 Å². The second kappa shape index (κ2) is 9.27. The molecule has 0 aromatic heterocycles. The van der Waals surface area contributed by atoms with E-state index in [0.717, 1.165) is 26.1 Å². The molecule has 1 heterocycles. The molecule has 2 unspecified atom stereocenters. The number of methoxy groups -OCH3 is 1. The number of likely N-dealkylation sites (N-methyl/N-ethyl adjacent to an activating group) is 1. The molecule has 1 rings (SSSR count). The Labute approximate surface area is 117 Å². The molecule has 1 aliphatic heterocycles. The lowest BCUT2D eigenvalue weighted by atomic mass is 9.95. The summed E-state index contributed by atoms with van der Waals surface area (Å²) in [5.74, 6) is 0.476. The zero-order valence-electron chi connectivity index (χ0n) is 10.6. The van der Waals surface area contributed by atoms with Crippen molar-refractivity contribution in [1.82, 2.24) is 4.90 Å². The average Bonchev–Trinajstić information content (AvgIpc) is 2.34. The zero-order chi connectivity index (χ0) is 12.5. The average molecular weight is 355 g/mol. The zero-order valence-corrected chi connectivity index (χ0v) is 12.8. The molecule has 0 bridgehead atoms. The van der Waals surface area contributed by atoms with E-state index in [2.05, 4.69) is 34.5 Å².